The Morgan fingerprint density at radius 1 is 1.03 bits per heavy atom. The molecule has 0 radical (unpaired) electrons. The molecule has 0 fully saturated rings. The molecule has 0 spiro atoms. The lowest BCUT2D eigenvalue weighted by Crippen LogP contribution is -2.22. The van der Waals surface area contributed by atoms with Crippen molar-refractivity contribution in [1.29, 1.82) is 5.26 Å². The predicted molar refractivity (Wildman–Crippen MR) is 128 cm³/mol. The van der Waals surface area contributed by atoms with Crippen LogP contribution in [0.3, 0.4) is 0 Å². The van der Waals surface area contributed by atoms with Crippen molar-refractivity contribution in [3.8, 4) is 34.8 Å². The molecule has 0 saturated carbocycles. The molecule has 0 aromatic heterocycles. The van der Waals surface area contributed by atoms with Crippen molar-refractivity contribution in [3.63, 3.8) is 0 Å². The second-order valence-electron chi connectivity index (χ2n) is 7.43. The first-order valence-corrected chi connectivity index (χ1v) is 10.8. The second kappa shape index (κ2) is 10.3. The number of fused-ring (bicyclic) bond motifs is 1. The van der Waals surface area contributed by atoms with E-state index in [1.165, 1.54) is 13.2 Å². The molecule has 3 aromatic rings. The summed E-state index contributed by atoms with van der Waals surface area (Å²) in [5, 5.41) is 10.2. The third-order valence-corrected chi connectivity index (χ3v) is 5.66. The van der Waals surface area contributed by atoms with Crippen LogP contribution in [0.2, 0.25) is 5.02 Å². The number of hydrogen-bond donors (Lipinski definition) is 1. The smallest absolute Gasteiger partial charge is 0.349 e. The summed E-state index contributed by atoms with van der Waals surface area (Å²) in [6.45, 7) is -0.341. The fourth-order valence-corrected chi connectivity index (χ4v) is 3.93. The van der Waals surface area contributed by atoms with Crippen molar-refractivity contribution in [2.45, 2.75) is 5.92 Å². The van der Waals surface area contributed by atoms with Gasteiger partial charge in [-0.25, -0.2) is 4.79 Å². The number of nitrogens with two attached hydrogens (primary N) is 1. The second-order valence-corrected chi connectivity index (χ2v) is 7.83. The molecule has 3 aromatic carbocycles. The fraction of sp³-hybridized carbons (Fsp3) is 0.154. The van der Waals surface area contributed by atoms with Gasteiger partial charge in [-0.05, 0) is 36.4 Å². The standard InChI is InChI=1S/C26H21ClN2O6/c1-31-15-8-10-21(32-2)18(11-15)25-17-9-7-16(12-23(17)35-26(29)19(25)13-28)34-24(30)14-33-22-6-4-3-5-20(22)27/h3-12,25H,14,29H2,1-2H3. The third kappa shape index (κ3) is 4.95. The van der Waals surface area contributed by atoms with Gasteiger partial charge in [0.05, 0.1) is 25.2 Å². The highest BCUT2D eigenvalue weighted by atomic mass is 35.5. The van der Waals surface area contributed by atoms with Gasteiger partial charge in [0.15, 0.2) is 6.61 Å². The van der Waals surface area contributed by atoms with Crippen LogP contribution in [0.25, 0.3) is 0 Å². The van der Waals surface area contributed by atoms with Gasteiger partial charge in [0.25, 0.3) is 0 Å². The summed E-state index contributed by atoms with van der Waals surface area (Å²) in [6.07, 6.45) is 0. The SMILES string of the molecule is COc1ccc(OC)c(C2C(C#N)=C(N)Oc3cc(OC(=O)COc4ccccc4Cl)ccc32)c1. The molecule has 1 heterocycles. The zero-order valence-electron chi connectivity index (χ0n) is 18.9. The number of allylic oxidation sites excluding steroid dienone is 1. The Hall–Kier alpha value is -4.35. The van der Waals surface area contributed by atoms with Crippen molar-refractivity contribution < 1.29 is 28.5 Å². The van der Waals surface area contributed by atoms with Crippen LogP contribution in [0.5, 0.6) is 28.7 Å². The summed E-state index contributed by atoms with van der Waals surface area (Å²) in [5.41, 5.74) is 7.64. The molecule has 4 rings (SSSR count). The van der Waals surface area contributed by atoms with E-state index in [0.29, 0.717) is 39.1 Å². The topological polar surface area (TPSA) is 113 Å². The number of benzene rings is 3. The molecule has 0 saturated heterocycles. The Morgan fingerprint density at radius 2 is 1.80 bits per heavy atom. The molecule has 1 atom stereocenters. The maximum atomic E-state index is 12.3. The molecule has 178 valence electrons. The van der Waals surface area contributed by atoms with Gasteiger partial charge in [-0.3, -0.25) is 0 Å². The molecule has 0 aliphatic carbocycles. The van der Waals surface area contributed by atoms with E-state index in [-0.39, 0.29) is 23.8 Å². The van der Waals surface area contributed by atoms with E-state index in [0.717, 1.165) is 0 Å². The van der Waals surface area contributed by atoms with Gasteiger partial charge in [0.2, 0.25) is 5.88 Å². The van der Waals surface area contributed by atoms with E-state index in [1.807, 2.05) is 0 Å². The number of ether oxygens (including phenoxy) is 5. The number of carbonyl (C=O) groups excluding carboxylic acids is 1. The van der Waals surface area contributed by atoms with Gasteiger partial charge >= 0.3 is 5.97 Å². The van der Waals surface area contributed by atoms with Crippen LogP contribution < -0.4 is 29.4 Å². The lowest BCUT2D eigenvalue weighted by molar-refractivity contribution is -0.136. The zero-order chi connectivity index (χ0) is 24.9. The van der Waals surface area contributed by atoms with Crippen LogP contribution in [-0.2, 0) is 4.79 Å². The van der Waals surface area contributed by atoms with Gasteiger partial charge in [0, 0.05) is 17.2 Å². The van der Waals surface area contributed by atoms with Gasteiger partial charge in [0.1, 0.15) is 40.4 Å². The van der Waals surface area contributed by atoms with E-state index in [4.69, 9.17) is 41.0 Å². The quantitative estimate of drug-likeness (QED) is 0.377. The van der Waals surface area contributed by atoms with Crippen LogP contribution in [0.15, 0.2) is 72.1 Å². The summed E-state index contributed by atoms with van der Waals surface area (Å²) in [4.78, 5) is 12.3. The molecule has 0 bridgehead atoms. The molecule has 8 nitrogen and oxygen atoms in total. The average Bonchev–Trinajstić information content (AvgIpc) is 2.87. The number of esters is 1. The van der Waals surface area contributed by atoms with Gasteiger partial charge in [-0.1, -0.05) is 29.8 Å². The number of methoxy groups -OCH3 is 2. The van der Waals surface area contributed by atoms with Crippen LogP contribution in [0.1, 0.15) is 17.0 Å². The maximum Gasteiger partial charge on any atom is 0.349 e. The first-order valence-electron chi connectivity index (χ1n) is 10.5. The Labute approximate surface area is 207 Å². The number of hydrogen-bond acceptors (Lipinski definition) is 8. The molecule has 9 heteroatoms. The van der Waals surface area contributed by atoms with Crippen molar-refractivity contribution in [1.82, 2.24) is 0 Å². The minimum absolute atomic E-state index is 0.0552. The highest BCUT2D eigenvalue weighted by Crippen LogP contribution is 2.46. The molecule has 1 aliphatic heterocycles. The highest BCUT2D eigenvalue weighted by molar-refractivity contribution is 6.32. The Bertz CT molecular complexity index is 1350. The minimum Gasteiger partial charge on any atom is -0.497 e. The average molecular weight is 493 g/mol. The van der Waals surface area contributed by atoms with E-state index in [9.17, 15) is 10.1 Å². The summed E-state index contributed by atoms with van der Waals surface area (Å²) < 4.78 is 27.4. The normalized spacial score (nSPS) is 14.3. The number of para-hydroxylation sites is 1. The van der Waals surface area contributed by atoms with E-state index >= 15 is 0 Å². The van der Waals surface area contributed by atoms with Crippen molar-refractivity contribution in [2.75, 3.05) is 20.8 Å². The molecule has 0 amide bonds. The van der Waals surface area contributed by atoms with E-state index in [1.54, 1.807) is 61.7 Å². The molecule has 35 heavy (non-hydrogen) atoms. The number of halogens is 1. The van der Waals surface area contributed by atoms with Crippen molar-refractivity contribution >= 4 is 17.6 Å². The lowest BCUT2D eigenvalue weighted by atomic mass is 9.83. The Kier molecular flexibility index (Phi) is 6.99. The largest absolute Gasteiger partial charge is 0.497 e. The van der Waals surface area contributed by atoms with Crippen LogP contribution in [-0.4, -0.2) is 26.8 Å². The maximum absolute atomic E-state index is 12.3. The summed E-state index contributed by atoms with van der Waals surface area (Å²) in [5.74, 6) is 0.812. The highest BCUT2D eigenvalue weighted by Gasteiger charge is 2.33. The summed E-state index contributed by atoms with van der Waals surface area (Å²) in [7, 11) is 3.09. The Morgan fingerprint density at radius 3 is 2.51 bits per heavy atom. The molecule has 1 aliphatic rings. The zero-order valence-corrected chi connectivity index (χ0v) is 19.7. The van der Waals surface area contributed by atoms with Crippen LogP contribution in [0, 0.1) is 11.3 Å². The lowest BCUT2D eigenvalue weighted by Gasteiger charge is -2.28. The number of carbonyl (C=O) groups is 1. The van der Waals surface area contributed by atoms with Crippen LogP contribution in [0.4, 0.5) is 0 Å². The van der Waals surface area contributed by atoms with Gasteiger partial charge in [-0.15, -0.1) is 0 Å². The number of rotatable bonds is 7. The Balaban J connectivity index is 1.62. The predicted octanol–water partition coefficient (Wildman–Crippen LogP) is 4.56. The number of nitrogens with zero attached hydrogens (tertiary/aromatic N) is 1. The van der Waals surface area contributed by atoms with Crippen molar-refractivity contribution in [2.24, 2.45) is 5.73 Å². The van der Waals surface area contributed by atoms with E-state index < -0.39 is 11.9 Å². The minimum atomic E-state index is -0.632. The molecular formula is C26H21ClN2O6. The van der Waals surface area contributed by atoms with Gasteiger partial charge < -0.3 is 29.4 Å². The molecule has 2 N–H and O–H groups in total. The first kappa shape index (κ1) is 23.8. The summed E-state index contributed by atoms with van der Waals surface area (Å²) in [6, 6.07) is 19.1. The third-order valence-electron chi connectivity index (χ3n) is 5.35. The van der Waals surface area contributed by atoms with Gasteiger partial charge in [-0.2, -0.15) is 5.26 Å². The van der Waals surface area contributed by atoms with Crippen molar-refractivity contribution in [3.05, 3.63) is 88.3 Å². The monoisotopic (exact) mass is 492 g/mol. The first-order chi connectivity index (χ1) is 16.9. The van der Waals surface area contributed by atoms with E-state index in [2.05, 4.69) is 6.07 Å². The summed E-state index contributed by atoms with van der Waals surface area (Å²) >= 11 is 6.04. The number of nitriles is 1. The fourth-order valence-electron chi connectivity index (χ4n) is 3.74. The molecule has 1 unspecified atom stereocenters. The molecular weight excluding hydrogens is 472 g/mol. The van der Waals surface area contributed by atoms with Crippen LogP contribution >= 0.6 is 11.6 Å².